The first-order valence-corrected chi connectivity index (χ1v) is 7.46. The maximum absolute atomic E-state index is 12.5. The molecule has 0 aliphatic carbocycles. The maximum atomic E-state index is 12.5. The quantitative estimate of drug-likeness (QED) is 0.884. The molecular weight excluding hydrogens is 292 g/mol. The number of amides is 2. The fourth-order valence-electron chi connectivity index (χ4n) is 2.07. The van der Waals surface area contributed by atoms with Crippen LogP contribution in [-0.4, -0.2) is 47.9 Å². The van der Waals surface area contributed by atoms with Gasteiger partial charge in [0.25, 0.3) is 5.91 Å². The number of pyridine rings is 1. The van der Waals surface area contributed by atoms with Gasteiger partial charge in [0.1, 0.15) is 11.5 Å². The fraction of sp³-hybridized carbons (Fsp3) is 0.500. The molecule has 1 saturated heterocycles. The van der Waals surface area contributed by atoms with E-state index in [1.807, 2.05) is 6.92 Å². The van der Waals surface area contributed by atoms with Crippen molar-refractivity contribution in [2.45, 2.75) is 19.8 Å². The highest BCUT2D eigenvalue weighted by molar-refractivity contribution is 6.33. The Bertz CT molecular complexity index is 536. The molecule has 21 heavy (non-hydrogen) atoms. The van der Waals surface area contributed by atoms with Gasteiger partial charge >= 0.3 is 0 Å². The first-order chi connectivity index (χ1) is 10.1. The number of carbonyl (C=O) groups is 2. The number of aromatic nitrogens is 1. The lowest BCUT2D eigenvalue weighted by Crippen LogP contribution is -2.37. The number of carbonyl (C=O) groups excluding carboxylic acids is 2. The van der Waals surface area contributed by atoms with E-state index in [-0.39, 0.29) is 24.1 Å². The molecule has 2 heterocycles. The maximum Gasteiger partial charge on any atom is 0.274 e. The van der Waals surface area contributed by atoms with Crippen molar-refractivity contribution in [3.05, 3.63) is 22.8 Å². The third-order valence-corrected chi connectivity index (χ3v) is 3.46. The molecule has 1 fully saturated rings. The molecule has 0 radical (unpaired) electrons. The van der Waals surface area contributed by atoms with Gasteiger partial charge in [-0.15, -0.1) is 0 Å². The molecular formula is C14H19ClN4O2. The number of nitrogens with one attached hydrogen (secondary N) is 2. The zero-order valence-electron chi connectivity index (χ0n) is 12.0. The lowest BCUT2D eigenvalue weighted by molar-refractivity contribution is -0.121. The van der Waals surface area contributed by atoms with Gasteiger partial charge < -0.3 is 15.5 Å². The fourth-order valence-corrected chi connectivity index (χ4v) is 2.26. The number of halogens is 1. The number of hydrogen-bond donors (Lipinski definition) is 2. The van der Waals surface area contributed by atoms with Gasteiger partial charge in [-0.25, -0.2) is 4.98 Å². The van der Waals surface area contributed by atoms with Crippen LogP contribution in [0.1, 0.15) is 30.3 Å². The Morgan fingerprint density at radius 1 is 1.52 bits per heavy atom. The van der Waals surface area contributed by atoms with Crippen LogP contribution in [0.4, 0.5) is 5.82 Å². The highest BCUT2D eigenvalue weighted by Gasteiger charge is 2.24. The Hall–Kier alpha value is -1.82. The third-order valence-electron chi connectivity index (χ3n) is 3.15. The van der Waals surface area contributed by atoms with Crippen molar-refractivity contribution >= 4 is 29.2 Å². The van der Waals surface area contributed by atoms with Gasteiger partial charge in [0.05, 0.1) is 11.6 Å². The van der Waals surface area contributed by atoms with Crippen LogP contribution in [0.15, 0.2) is 12.1 Å². The first kappa shape index (κ1) is 15.6. The molecule has 0 spiro atoms. The highest BCUT2D eigenvalue weighted by atomic mass is 35.5. The second-order valence-electron chi connectivity index (χ2n) is 4.88. The summed E-state index contributed by atoms with van der Waals surface area (Å²) in [6, 6.07) is 3.39. The van der Waals surface area contributed by atoms with Gasteiger partial charge in [0.15, 0.2) is 0 Å². The van der Waals surface area contributed by atoms with E-state index in [4.69, 9.17) is 11.6 Å². The molecule has 1 aromatic heterocycles. The highest BCUT2D eigenvalue weighted by Crippen LogP contribution is 2.19. The SMILES string of the molecule is CCCNc1ccc(Cl)c(C(=O)N2CCCNC(=O)C2)n1. The van der Waals surface area contributed by atoms with Crippen molar-refractivity contribution in [2.75, 3.05) is 31.5 Å². The second-order valence-corrected chi connectivity index (χ2v) is 5.29. The Morgan fingerprint density at radius 3 is 3.10 bits per heavy atom. The summed E-state index contributed by atoms with van der Waals surface area (Å²) in [7, 11) is 0. The summed E-state index contributed by atoms with van der Waals surface area (Å²) in [6.45, 7) is 3.97. The molecule has 0 bridgehead atoms. The summed E-state index contributed by atoms with van der Waals surface area (Å²) in [4.78, 5) is 29.8. The van der Waals surface area contributed by atoms with E-state index in [1.165, 1.54) is 4.90 Å². The molecule has 1 aliphatic rings. The predicted molar refractivity (Wildman–Crippen MR) is 81.6 cm³/mol. The van der Waals surface area contributed by atoms with Crippen LogP contribution in [0, 0.1) is 0 Å². The molecule has 0 saturated carbocycles. The Labute approximate surface area is 128 Å². The monoisotopic (exact) mass is 310 g/mol. The van der Waals surface area contributed by atoms with Crippen LogP contribution in [0.2, 0.25) is 5.02 Å². The van der Waals surface area contributed by atoms with E-state index >= 15 is 0 Å². The topological polar surface area (TPSA) is 74.3 Å². The van der Waals surface area contributed by atoms with E-state index in [0.29, 0.717) is 23.9 Å². The Balaban J connectivity index is 2.18. The molecule has 2 N–H and O–H groups in total. The minimum atomic E-state index is -0.308. The minimum Gasteiger partial charge on any atom is -0.370 e. The van der Waals surface area contributed by atoms with Gasteiger partial charge in [0.2, 0.25) is 5.91 Å². The zero-order chi connectivity index (χ0) is 15.2. The number of rotatable bonds is 4. The summed E-state index contributed by atoms with van der Waals surface area (Å²) in [5.41, 5.74) is 0.187. The van der Waals surface area contributed by atoms with Crippen molar-refractivity contribution in [1.82, 2.24) is 15.2 Å². The first-order valence-electron chi connectivity index (χ1n) is 7.08. The molecule has 0 atom stereocenters. The third kappa shape index (κ3) is 4.07. The van der Waals surface area contributed by atoms with Crippen molar-refractivity contribution in [3.8, 4) is 0 Å². The summed E-state index contributed by atoms with van der Waals surface area (Å²) in [5, 5.41) is 6.16. The predicted octanol–water partition coefficient (Wildman–Crippen LogP) is 1.52. The van der Waals surface area contributed by atoms with Crippen LogP contribution >= 0.6 is 11.6 Å². The molecule has 1 aromatic rings. The van der Waals surface area contributed by atoms with Crippen LogP contribution in [0.3, 0.4) is 0 Å². The average Bonchev–Trinajstić information content (AvgIpc) is 2.70. The van der Waals surface area contributed by atoms with E-state index < -0.39 is 0 Å². The van der Waals surface area contributed by atoms with E-state index in [0.717, 1.165) is 19.4 Å². The summed E-state index contributed by atoms with van der Waals surface area (Å²) in [6.07, 6.45) is 1.68. The molecule has 114 valence electrons. The van der Waals surface area contributed by atoms with Gasteiger partial charge in [0, 0.05) is 19.6 Å². The van der Waals surface area contributed by atoms with Crippen LogP contribution < -0.4 is 10.6 Å². The Kier molecular flexibility index (Phi) is 5.38. The number of nitrogens with zero attached hydrogens (tertiary/aromatic N) is 2. The van der Waals surface area contributed by atoms with Crippen molar-refractivity contribution < 1.29 is 9.59 Å². The van der Waals surface area contributed by atoms with Gasteiger partial charge in [-0.2, -0.15) is 0 Å². The van der Waals surface area contributed by atoms with E-state index in [1.54, 1.807) is 12.1 Å². The largest absolute Gasteiger partial charge is 0.370 e. The van der Waals surface area contributed by atoms with Crippen molar-refractivity contribution in [3.63, 3.8) is 0 Å². The lowest BCUT2D eigenvalue weighted by atomic mass is 10.3. The summed E-state index contributed by atoms with van der Waals surface area (Å²) < 4.78 is 0. The zero-order valence-corrected chi connectivity index (χ0v) is 12.7. The van der Waals surface area contributed by atoms with E-state index in [9.17, 15) is 9.59 Å². The van der Waals surface area contributed by atoms with Crippen LogP contribution in [0.25, 0.3) is 0 Å². The standard InChI is InChI=1S/C14H19ClN4O2/c1-2-6-16-11-5-4-10(15)13(18-11)14(21)19-8-3-7-17-12(20)9-19/h4-5H,2-3,6-9H2,1H3,(H,16,18)(H,17,20). The molecule has 2 amide bonds. The number of anilines is 1. The number of hydrogen-bond acceptors (Lipinski definition) is 4. The molecule has 7 heteroatoms. The van der Waals surface area contributed by atoms with Crippen LogP contribution in [0.5, 0.6) is 0 Å². The smallest absolute Gasteiger partial charge is 0.274 e. The molecule has 0 unspecified atom stereocenters. The van der Waals surface area contributed by atoms with Crippen LogP contribution in [-0.2, 0) is 4.79 Å². The van der Waals surface area contributed by atoms with Gasteiger partial charge in [-0.3, -0.25) is 9.59 Å². The summed E-state index contributed by atoms with van der Waals surface area (Å²) in [5.74, 6) is 0.151. The van der Waals surface area contributed by atoms with Gasteiger partial charge in [-0.1, -0.05) is 18.5 Å². The van der Waals surface area contributed by atoms with Crippen molar-refractivity contribution in [2.24, 2.45) is 0 Å². The van der Waals surface area contributed by atoms with Crippen molar-refractivity contribution in [1.29, 1.82) is 0 Å². The average molecular weight is 311 g/mol. The second kappa shape index (κ2) is 7.26. The normalized spacial score (nSPS) is 15.3. The summed E-state index contributed by atoms with van der Waals surface area (Å²) >= 11 is 6.08. The lowest BCUT2D eigenvalue weighted by Gasteiger charge is -2.19. The minimum absolute atomic E-state index is 0.0451. The molecule has 0 aromatic carbocycles. The molecule has 1 aliphatic heterocycles. The van der Waals surface area contributed by atoms with E-state index in [2.05, 4.69) is 15.6 Å². The molecule has 2 rings (SSSR count). The van der Waals surface area contributed by atoms with Gasteiger partial charge in [-0.05, 0) is 25.0 Å². The Morgan fingerprint density at radius 2 is 2.33 bits per heavy atom. The molecule has 6 nitrogen and oxygen atoms in total.